The van der Waals surface area contributed by atoms with Crippen molar-refractivity contribution in [3.63, 3.8) is 0 Å². The zero-order valence-electron chi connectivity index (χ0n) is 11.1. The van der Waals surface area contributed by atoms with Crippen molar-refractivity contribution in [3.8, 4) is 0 Å². The van der Waals surface area contributed by atoms with Gasteiger partial charge in [0, 0.05) is 19.1 Å². The SMILES string of the molecule is CCCCN(CCN)C(C)C(=O)NC(C)C. The molecule has 0 bridgehead atoms. The van der Waals surface area contributed by atoms with Crippen LogP contribution in [0.3, 0.4) is 0 Å². The number of nitrogens with two attached hydrogens (primary N) is 1. The van der Waals surface area contributed by atoms with E-state index in [4.69, 9.17) is 5.73 Å². The van der Waals surface area contributed by atoms with Crippen molar-refractivity contribution >= 4 is 5.91 Å². The minimum absolute atomic E-state index is 0.0856. The average Bonchev–Trinajstić information content (AvgIpc) is 2.22. The molecule has 0 rings (SSSR count). The monoisotopic (exact) mass is 229 g/mol. The van der Waals surface area contributed by atoms with Gasteiger partial charge in [0.15, 0.2) is 0 Å². The Morgan fingerprint density at radius 1 is 1.31 bits per heavy atom. The molecule has 3 N–H and O–H groups in total. The lowest BCUT2D eigenvalue weighted by Gasteiger charge is -2.28. The Labute approximate surface area is 99.6 Å². The van der Waals surface area contributed by atoms with Gasteiger partial charge < -0.3 is 11.1 Å². The van der Waals surface area contributed by atoms with Gasteiger partial charge in [-0.3, -0.25) is 9.69 Å². The quantitative estimate of drug-likeness (QED) is 0.652. The van der Waals surface area contributed by atoms with Crippen LogP contribution in [0.1, 0.15) is 40.5 Å². The number of unbranched alkanes of at least 4 members (excludes halogenated alkanes) is 1. The van der Waals surface area contributed by atoms with E-state index >= 15 is 0 Å². The van der Waals surface area contributed by atoms with Crippen LogP contribution in [0.5, 0.6) is 0 Å². The van der Waals surface area contributed by atoms with Crippen molar-refractivity contribution in [3.05, 3.63) is 0 Å². The summed E-state index contributed by atoms with van der Waals surface area (Å²) in [6.45, 7) is 10.4. The van der Waals surface area contributed by atoms with Gasteiger partial charge in [-0.15, -0.1) is 0 Å². The van der Waals surface area contributed by atoms with Crippen molar-refractivity contribution in [1.82, 2.24) is 10.2 Å². The third-order valence-corrected chi connectivity index (χ3v) is 2.57. The molecular formula is C12H27N3O. The van der Waals surface area contributed by atoms with Crippen molar-refractivity contribution < 1.29 is 4.79 Å². The van der Waals surface area contributed by atoms with E-state index in [1.165, 1.54) is 0 Å². The van der Waals surface area contributed by atoms with Crippen LogP contribution in [-0.4, -0.2) is 42.5 Å². The summed E-state index contributed by atoms with van der Waals surface area (Å²) in [5, 5.41) is 2.94. The van der Waals surface area contributed by atoms with Gasteiger partial charge in [0.05, 0.1) is 6.04 Å². The summed E-state index contributed by atoms with van der Waals surface area (Å²) in [5.74, 6) is 0.0968. The predicted molar refractivity (Wildman–Crippen MR) is 68.3 cm³/mol. The molecule has 96 valence electrons. The Balaban J connectivity index is 4.23. The average molecular weight is 229 g/mol. The number of hydrogen-bond acceptors (Lipinski definition) is 3. The van der Waals surface area contributed by atoms with Crippen LogP contribution in [0.25, 0.3) is 0 Å². The highest BCUT2D eigenvalue weighted by atomic mass is 16.2. The summed E-state index contributed by atoms with van der Waals surface area (Å²) in [6, 6.07) is 0.110. The zero-order valence-corrected chi connectivity index (χ0v) is 11.1. The molecular weight excluding hydrogens is 202 g/mol. The fourth-order valence-electron chi connectivity index (χ4n) is 1.60. The molecule has 1 atom stereocenters. The van der Waals surface area contributed by atoms with Gasteiger partial charge in [-0.2, -0.15) is 0 Å². The van der Waals surface area contributed by atoms with Gasteiger partial charge in [0.25, 0.3) is 0 Å². The van der Waals surface area contributed by atoms with E-state index in [0.29, 0.717) is 6.54 Å². The van der Waals surface area contributed by atoms with E-state index in [9.17, 15) is 4.79 Å². The number of nitrogens with one attached hydrogen (secondary N) is 1. The Kier molecular flexibility index (Phi) is 8.21. The van der Waals surface area contributed by atoms with Gasteiger partial charge >= 0.3 is 0 Å². The number of rotatable bonds is 8. The molecule has 16 heavy (non-hydrogen) atoms. The first kappa shape index (κ1) is 15.4. The Morgan fingerprint density at radius 2 is 1.94 bits per heavy atom. The summed E-state index contributed by atoms with van der Waals surface area (Å²) >= 11 is 0. The molecule has 0 radical (unpaired) electrons. The van der Waals surface area contributed by atoms with Gasteiger partial charge in [0.1, 0.15) is 0 Å². The van der Waals surface area contributed by atoms with Crippen molar-refractivity contribution in [1.29, 1.82) is 0 Å². The number of nitrogens with zero attached hydrogens (tertiary/aromatic N) is 1. The molecule has 0 spiro atoms. The van der Waals surface area contributed by atoms with Crippen LogP contribution in [0.2, 0.25) is 0 Å². The minimum atomic E-state index is -0.0856. The molecule has 0 aliphatic heterocycles. The molecule has 0 saturated heterocycles. The fourth-order valence-corrected chi connectivity index (χ4v) is 1.60. The van der Waals surface area contributed by atoms with E-state index in [2.05, 4.69) is 17.1 Å². The van der Waals surface area contributed by atoms with Gasteiger partial charge in [-0.1, -0.05) is 13.3 Å². The predicted octanol–water partition coefficient (Wildman–Crippen LogP) is 0.960. The maximum atomic E-state index is 11.8. The Bertz CT molecular complexity index is 195. The maximum Gasteiger partial charge on any atom is 0.237 e. The molecule has 0 aliphatic rings. The largest absolute Gasteiger partial charge is 0.353 e. The van der Waals surface area contributed by atoms with Gasteiger partial charge in [0.2, 0.25) is 5.91 Å². The summed E-state index contributed by atoms with van der Waals surface area (Å²) in [7, 11) is 0. The van der Waals surface area contributed by atoms with Crippen LogP contribution in [0.4, 0.5) is 0 Å². The number of amides is 1. The lowest BCUT2D eigenvalue weighted by Crippen LogP contribution is -2.48. The lowest BCUT2D eigenvalue weighted by atomic mass is 10.2. The molecule has 0 heterocycles. The highest BCUT2D eigenvalue weighted by Crippen LogP contribution is 2.02. The summed E-state index contributed by atoms with van der Waals surface area (Å²) in [5.41, 5.74) is 5.57. The van der Waals surface area contributed by atoms with Gasteiger partial charge in [-0.25, -0.2) is 0 Å². The second kappa shape index (κ2) is 8.53. The van der Waals surface area contributed by atoms with Crippen LogP contribution in [0.15, 0.2) is 0 Å². The molecule has 0 saturated carbocycles. The normalized spacial score (nSPS) is 13.2. The number of hydrogen-bond donors (Lipinski definition) is 2. The van der Waals surface area contributed by atoms with E-state index in [1.807, 2.05) is 20.8 Å². The molecule has 0 fully saturated rings. The minimum Gasteiger partial charge on any atom is -0.353 e. The highest BCUT2D eigenvalue weighted by molar-refractivity contribution is 5.81. The summed E-state index contributed by atoms with van der Waals surface area (Å²) in [6.07, 6.45) is 2.25. The first-order valence-electron chi connectivity index (χ1n) is 6.27. The first-order valence-corrected chi connectivity index (χ1v) is 6.27. The molecule has 0 aromatic carbocycles. The molecule has 0 aromatic rings. The van der Waals surface area contributed by atoms with Crippen molar-refractivity contribution in [2.45, 2.75) is 52.6 Å². The number of carbonyl (C=O) groups is 1. The molecule has 0 aromatic heterocycles. The smallest absolute Gasteiger partial charge is 0.237 e. The van der Waals surface area contributed by atoms with Crippen molar-refractivity contribution in [2.75, 3.05) is 19.6 Å². The summed E-state index contributed by atoms with van der Waals surface area (Å²) < 4.78 is 0. The van der Waals surface area contributed by atoms with Crippen molar-refractivity contribution in [2.24, 2.45) is 5.73 Å². The summed E-state index contributed by atoms with van der Waals surface area (Å²) in [4.78, 5) is 14.0. The first-order chi connectivity index (χ1) is 7.52. The maximum absolute atomic E-state index is 11.8. The fraction of sp³-hybridized carbons (Fsp3) is 0.917. The topological polar surface area (TPSA) is 58.4 Å². The van der Waals surface area contributed by atoms with Crippen LogP contribution >= 0.6 is 0 Å². The molecule has 0 aliphatic carbocycles. The molecule has 4 nitrogen and oxygen atoms in total. The lowest BCUT2D eigenvalue weighted by molar-refractivity contribution is -0.126. The van der Waals surface area contributed by atoms with Crippen LogP contribution in [-0.2, 0) is 4.79 Å². The molecule has 1 amide bonds. The van der Waals surface area contributed by atoms with E-state index < -0.39 is 0 Å². The second-order valence-corrected chi connectivity index (χ2v) is 4.52. The van der Waals surface area contributed by atoms with E-state index in [-0.39, 0.29) is 18.0 Å². The Hall–Kier alpha value is -0.610. The van der Waals surface area contributed by atoms with E-state index in [1.54, 1.807) is 0 Å². The standard InChI is InChI=1S/C12H27N3O/c1-5-6-8-15(9-7-13)11(4)12(16)14-10(2)3/h10-11H,5-9,13H2,1-4H3,(H,14,16). The molecule has 4 heteroatoms. The highest BCUT2D eigenvalue weighted by Gasteiger charge is 2.20. The Morgan fingerprint density at radius 3 is 2.38 bits per heavy atom. The third-order valence-electron chi connectivity index (χ3n) is 2.57. The molecule has 1 unspecified atom stereocenters. The second-order valence-electron chi connectivity index (χ2n) is 4.52. The van der Waals surface area contributed by atoms with E-state index in [0.717, 1.165) is 25.9 Å². The van der Waals surface area contributed by atoms with Crippen LogP contribution in [0, 0.1) is 0 Å². The number of carbonyl (C=O) groups excluding carboxylic acids is 1. The van der Waals surface area contributed by atoms with Gasteiger partial charge in [-0.05, 0) is 33.7 Å². The van der Waals surface area contributed by atoms with Crippen LogP contribution < -0.4 is 11.1 Å². The zero-order chi connectivity index (χ0) is 12.6. The third kappa shape index (κ3) is 6.08.